The van der Waals surface area contributed by atoms with Crippen molar-refractivity contribution in [1.82, 2.24) is 10.2 Å². The first-order valence-electron chi connectivity index (χ1n) is 4.70. The zero-order valence-corrected chi connectivity index (χ0v) is 9.29. The summed E-state index contributed by atoms with van der Waals surface area (Å²) in [5.74, 6) is -1.33. The zero-order valence-electron chi connectivity index (χ0n) is 8.53. The Hall–Kier alpha value is -1.75. The standard InChI is InChI=1S/C11H7ClF2N2O/c12-6-7-1-4-11(16-15-7)17-8-2-3-9(13)10(14)5-8/h1-5H,6H2. The molecule has 1 aromatic carbocycles. The van der Waals surface area contributed by atoms with Gasteiger partial charge in [0, 0.05) is 12.1 Å². The number of aromatic nitrogens is 2. The highest BCUT2D eigenvalue weighted by Gasteiger charge is 2.05. The summed E-state index contributed by atoms with van der Waals surface area (Å²) >= 11 is 5.54. The molecule has 6 heteroatoms. The highest BCUT2D eigenvalue weighted by atomic mass is 35.5. The molecule has 0 saturated carbocycles. The maximum absolute atomic E-state index is 12.9. The van der Waals surface area contributed by atoms with Gasteiger partial charge in [-0.05, 0) is 18.2 Å². The molecule has 17 heavy (non-hydrogen) atoms. The minimum absolute atomic E-state index is 0.150. The summed E-state index contributed by atoms with van der Waals surface area (Å²) in [5, 5.41) is 7.48. The quantitative estimate of drug-likeness (QED) is 0.791. The Bertz CT molecular complexity index is 519. The minimum Gasteiger partial charge on any atom is -0.437 e. The molecular weight excluding hydrogens is 250 g/mol. The van der Waals surface area contributed by atoms with Crippen molar-refractivity contribution in [3.63, 3.8) is 0 Å². The fraction of sp³-hybridized carbons (Fsp3) is 0.0909. The van der Waals surface area contributed by atoms with Crippen molar-refractivity contribution < 1.29 is 13.5 Å². The summed E-state index contributed by atoms with van der Waals surface area (Å²) < 4.78 is 30.7. The van der Waals surface area contributed by atoms with Crippen LogP contribution in [0.15, 0.2) is 30.3 Å². The van der Waals surface area contributed by atoms with Gasteiger partial charge in [0.05, 0.1) is 11.6 Å². The average Bonchev–Trinajstić information content (AvgIpc) is 2.35. The molecule has 0 atom stereocenters. The summed E-state index contributed by atoms with van der Waals surface area (Å²) in [7, 11) is 0. The van der Waals surface area contributed by atoms with E-state index < -0.39 is 11.6 Å². The van der Waals surface area contributed by atoms with Crippen molar-refractivity contribution in [2.45, 2.75) is 5.88 Å². The smallest absolute Gasteiger partial charge is 0.238 e. The molecule has 0 amide bonds. The Kier molecular flexibility index (Phi) is 3.49. The van der Waals surface area contributed by atoms with E-state index in [2.05, 4.69) is 10.2 Å². The van der Waals surface area contributed by atoms with Gasteiger partial charge in [-0.15, -0.1) is 16.7 Å². The van der Waals surface area contributed by atoms with Crippen molar-refractivity contribution in [3.05, 3.63) is 47.7 Å². The van der Waals surface area contributed by atoms with E-state index in [1.807, 2.05) is 0 Å². The molecule has 0 radical (unpaired) electrons. The first-order valence-corrected chi connectivity index (χ1v) is 5.24. The third-order valence-electron chi connectivity index (χ3n) is 1.95. The Morgan fingerprint density at radius 2 is 1.88 bits per heavy atom. The largest absolute Gasteiger partial charge is 0.437 e. The molecule has 1 heterocycles. The number of alkyl halides is 1. The lowest BCUT2D eigenvalue weighted by molar-refractivity contribution is 0.441. The lowest BCUT2D eigenvalue weighted by Gasteiger charge is -2.04. The number of nitrogens with zero attached hydrogens (tertiary/aromatic N) is 2. The molecule has 2 rings (SSSR count). The number of benzene rings is 1. The topological polar surface area (TPSA) is 35.0 Å². The van der Waals surface area contributed by atoms with Crippen LogP contribution in [0.3, 0.4) is 0 Å². The van der Waals surface area contributed by atoms with Crippen LogP contribution in [0.1, 0.15) is 5.69 Å². The lowest BCUT2D eigenvalue weighted by Crippen LogP contribution is -1.94. The fourth-order valence-electron chi connectivity index (χ4n) is 1.13. The molecule has 3 nitrogen and oxygen atoms in total. The maximum Gasteiger partial charge on any atom is 0.238 e. The van der Waals surface area contributed by atoms with Gasteiger partial charge < -0.3 is 4.74 Å². The molecule has 0 N–H and O–H groups in total. The highest BCUT2D eigenvalue weighted by molar-refractivity contribution is 6.16. The van der Waals surface area contributed by atoms with Crippen molar-refractivity contribution in [2.75, 3.05) is 0 Å². The summed E-state index contributed by atoms with van der Waals surface area (Å²) in [6.07, 6.45) is 0. The van der Waals surface area contributed by atoms with Crippen LogP contribution in [0.2, 0.25) is 0 Å². The van der Waals surface area contributed by atoms with Crippen LogP contribution < -0.4 is 4.74 Å². The lowest BCUT2D eigenvalue weighted by atomic mass is 10.3. The van der Waals surface area contributed by atoms with Crippen LogP contribution in [-0.4, -0.2) is 10.2 Å². The van der Waals surface area contributed by atoms with Crippen LogP contribution in [-0.2, 0) is 5.88 Å². The molecule has 1 aromatic heterocycles. The number of ether oxygens (including phenoxy) is 1. The molecule has 88 valence electrons. The van der Waals surface area contributed by atoms with Gasteiger partial charge >= 0.3 is 0 Å². The van der Waals surface area contributed by atoms with E-state index >= 15 is 0 Å². The Morgan fingerprint density at radius 1 is 1.06 bits per heavy atom. The monoisotopic (exact) mass is 256 g/mol. The number of hydrogen-bond donors (Lipinski definition) is 0. The van der Waals surface area contributed by atoms with Gasteiger partial charge in [0.15, 0.2) is 11.6 Å². The number of hydrogen-bond acceptors (Lipinski definition) is 3. The van der Waals surface area contributed by atoms with Gasteiger partial charge in [-0.1, -0.05) is 0 Å². The van der Waals surface area contributed by atoms with Gasteiger partial charge in [0.1, 0.15) is 5.75 Å². The highest BCUT2D eigenvalue weighted by Crippen LogP contribution is 2.21. The SMILES string of the molecule is Fc1ccc(Oc2ccc(CCl)nn2)cc1F. The number of rotatable bonds is 3. The maximum atomic E-state index is 12.9. The first kappa shape index (κ1) is 11.7. The van der Waals surface area contributed by atoms with Crippen molar-refractivity contribution in [1.29, 1.82) is 0 Å². The van der Waals surface area contributed by atoms with E-state index in [9.17, 15) is 8.78 Å². The molecule has 0 bridgehead atoms. The average molecular weight is 257 g/mol. The molecule has 0 saturated heterocycles. The molecule has 0 unspecified atom stereocenters. The van der Waals surface area contributed by atoms with Gasteiger partial charge in [0.25, 0.3) is 0 Å². The van der Waals surface area contributed by atoms with Crippen molar-refractivity contribution >= 4 is 11.6 Å². The van der Waals surface area contributed by atoms with Crippen LogP contribution >= 0.6 is 11.6 Å². The van der Waals surface area contributed by atoms with E-state index in [4.69, 9.17) is 16.3 Å². The zero-order chi connectivity index (χ0) is 12.3. The second kappa shape index (κ2) is 5.05. The predicted octanol–water partition coefficient (Wildman–Crippen LogP) is 3.29. The fourth-order valence-corrected chi connectivity index (χ4v) is 1.28. The summed E-state index contributed by atoms with van der Waals surface area (Å²) in [6, 6.07) is 6.40. The Labute approximate surface area is 101 Å². The van der Waals surface area contributed by atoms with Gasteiger partial charge in [-0.2, -0.15) is 5.10 Å². The van der Waals surface area contributed by atoms with E-state index in [-0.39, 0.29) is 17.5 Å². The summed E-state index contributed by atoms with van der Waals surface area (Å²) in [6.45, 7) is 0. The van der Waals surface area contributed by atoms with Gasteiger partial charge in [-0.3, -0.25) is 0 Å². The summed E-state index contributed by atoms with van der Waals surface area (Å²) in [4.78, 5) is 0. The minimum atomic E-state index is -0.979. The molecule has 0 spiro atoms. The molecule has 2 aromatic rings. The second-order valence-electron chi connectivity index (χ2n) is 3.17. The van der Waals surface area contributed by atoms with Crippen LogP contribution in [0.4, 0.5) is 8.78 Å². The van der Waals surface area contributed by atoms with Crippen LogP contribution in [0.5, 0.6) is 11.6 Å². The molecule has 0 aliphatic heterocycles. The van der Waals surface area contributed by atoms with Crippen LogP contribution in [0, 0.1) is 11.6 Å². The van der Waals surface area contributed by atoms with E-state index in [1.54, 1.807) is 12.1 Å². The molecular formula is C11H7ClF2N2O. The normalized spacial score (nSPS) is 10.3. The summed E-state index contributed by atoms with van der Waals surface area (Å²) in [5.41, 5.74) is 0.601. The van der Waals surface area contributed by atoms with Crippen molar-refractivity contribution in [3.8, 4) is 11.6 Å². The molecule has 0 aliphatic rings. The predicted molar refractivity (Wildman–Crippen MR) is 58.0 cm³/mol. The van der Waals surface area contributed by atoms with E-state index in [0.717, 1.165) is 12.1 Å². The van der Waals surface area contributed by atoms with Crippen molar-refractivity contribution in [2.24, 2.45) is 0 Å². The third-order valence-corrected chi connectivity index (χ3v) is 2.22. The Morgan fingerprint density at radius 3 is 2.47 bits per heavy atom. The first-order chi connectivity index (χ1) is 8.19. The van der Waals surface area contributed by atoms with E-state index in [1.165, 1.54) is 6.07 Å². The third kappa shape index (κ3) is 2.88. The molecule has 0 fully saturated rings. The van der Waals surface area contributed by atoms with Gasteiger partial charge in [0.2, 0.25) is 5.88 Å². The van der Waals surface area contributed by atoms with Crippen LogP contribution in [0.25, 0.3) is 0 Å². The number of halogens is 3. The molecule has 0 aliphatic carbocycles. The Balaban J connectivity index is 2.16. The van der Waals surface area contributed by atoms with Gasteiger partial charge in [-0.25, -0.2) is 8.78 Å². The second-order valence-corrected chi connectivity index (χ2v) is 3.44. The van der Waals surface area contributed by atoms with E-state index in [0.29, 0.717) is 5.69 Å².